The number of hydrogen-bond donors (Lipinski definition) is 1. The highest BCUT2D eigenvalue weighted by Crippen LogP contribution is 2.33. The second-order valence-corrected chi connectivity index (χ2v) is 4.30. The average molecular weight is 306 g/mol. The highest BCUT2D eigenvalue weighted by molar-refractivity contribution is 5.69. The van der Waals surface area contributed by atoms with E-state index in [9.17, 15) is 28.1 Å². The van der Waals surface area contributed by atoms with Crippen molar-refractivity contribution in [2.45, 2.75) is 19.6 Å². The fraction of sp³-hybridized carbons (Fsp3) is 0.417. The van der Waals surface area contributed by atoms with Crippen LogP contribution in [0.1, 0.15) is 18.1 Å². The van der Waals surface area contributed by atoms with Crippen molar-refractivity contribution in [3.05, 3.63) is 39.4 Å². The molecule has 0 bridgehead atoms. The lowest BCUT2D eigenvalue weighted by Crippen LogP contribution is -2.29. The Hall–Kier alpha value is -2.16. The summed E-state index contributed by atoms with van der Waals surface area (Å²) in [5, 5.41) is 19.6. The number of hydrogen-bond acceptors (Lipinski definition) is 4. The molecule has 0 aromatic heterocycles. The summed E-state index contributed by atoms with van der Waals surface area (Å²) in [4.78, 5) is 22.0. The van der Waals surface area contributed by atoms with Gasteiger partial charge in [0, 0.05) is 18.2 Å². The predicted molar refractivity (Wildman–Crippen MR) is 66.7 cm³/mol. The van der Waals surface area contributed by atoms with Gasteiger partial charge in [-0.05, 0) is 12.6 Å². The standard InChI is InChI=1S/C12H13F3N2O4/c1-2-16(7-11(18)19)6-8-3-4-9(12(13,14)15)5-10(8)17(20)21/h3-5H,2,6-7H2,1H3,(H,18,19). The fourth-order valence-corrected chi connectivity index (χ4v) is 1.76. The average Bonchev–Trinajstić information content (AvgIpc) is 2.36. The van der Waals surface area contributed by atoms with Gasteiger partial charge < -0.3 is 5.11 Å². The third-order valence-electron chi connectivity index (χ3n) is 2.81. The van der Waals surface area contributed by atoms with Gasteiger partial charge in [-0.3, -0.25) is 19.8 Å². The summed E-state index contributed by atoms with van der Waals surface area (Å²) in [5.74, 6) is -1.12. The van der Waals surface area contributed by atoms with Crippen LogP contribution >= 0.6 is 0 Å². The van der Waals surface area contributed by atoms with E-state index in [1.807, 2.05) is 0 Å². The first-order valence-electron chi connectivity index (χ1n) is 5.93. The third-order valence-corrected chi connectivity index (χ3v) is 2.81. The van der Waals surface area contributed by atoms with E-state index in [1.165, 1.54) is 4.90 Å². The van der Waals surface area contributed by atoms with Crippen LogP contribution in [0.3, 0.4) is 0 Å². The van der Waals surface area contributed by atoms with Gasteiger partial charge in [-0.1, -0.05) is 13.0 Å². The molecular weight excluding hydrogens is 293 g/mol. The van der Waals surface area contributed by atoms with Crippen molar-refractivity contribution in [2.24, 2.45) is 0 Å². The van der Waals surface area contributed by atoms with Crippen LogP contribution in [0, 0.1) is 10.1 Å². The molecular formula is C12H13F3N2O4. The van der Waals surface area contributed by atoms with Crippen LogP contribution in [0.25, 0.3) is 0 Å². The molecule has 0 saturated heterocycles. The normalized spacial score (nSPS) is 11.7. The molecule has 9 heteroatoms. The second kappa shape index (κ2) is 6.53. The molecule has 0 saturated carbocycles. The Kier molecular flexibility index (Phi) is 5.25. The zero-order chi connectivity index (χ0) is 16.2. The van der Waals surface area contributed by atoms with Crippen molar-refractivity contribution in [1.82, 2.24) is 4.90 Å². The van der Waals surface area contributed by atoms with Crippen molar-refractivity contribution >= 4 is 11.7 Å². The van der Waals surface area contributed by atoms with Gasteiger partial charge in [0.1, 0.15) is 0 Å². The first kappa shape index (κ1) is 16.9. The first-order valence-corrected chi connectivity index (χ1v) is 5.93. The molecule has 0 aliphatic carbocycles. The van der Waals surface area contributed by atoms with Crippen LogP contribution in [-0.2, 0) is 17.5 Å². The zero-order valence-electron chi connectivity index (χ0n) is 11.1. The monoisotopic (exact) mass is 306 g/mol. The van der Waals surface area contributed by atoms with Gasteiger partial charge in [-0.2, -0.15) is 13.2 Å². The van der Waals surface area contributed by atoms with Gasteiger partial charge in [-0.25, -0.2) is 0 Å². The number of likely N-dealkylation sites (N-methyl/N-ethyl adjacent to an activating group) is 1. The summed E-state index contributed by atoms with van der Waals surface area (Å²) in [6, 6.07) is 2.21. The summed E-state index contributed by atoms with van der Waals surface area (Å²) in [6.45, 7) is 1.48. The minimum atomic E-state index is -4.67. The summed E-state index contributed by atoms with van der Waals surface area (Å²) >= 11 is 0. The van der Waals surface area contributed by atoms with E-state index in [1.54, 1.807) is 6.92 Å². The van der Waals surface area contributed by atoms with Gasteiger partial charge in [0.05, 0.1) is 17.0 Å². The molecule has 0 spiro atoms. The van der Waals surface area contributed by atoms with Gasteiger partial charge in [-0.15, -0.1) is 0 Å². The number of aliphatic carboxylic acids is 1. The van der Waals surface area contributed by atoms with E-state index >= 15 is 0 Å². The van der Waals surface area contributed by atoms with E-state index in [-0.39, 0.29) is 18.7 Å². The number of halogens is 3. The van der Waals surface area contributed by atoms with Crippen molar-refractivity contribution in [3.63, 3.8) is 0 Å². The maximum absolute atomic E-state index is 12.6. The quantitative estimate of drug-likeness (QED) is 0.645. The molecule has 0 aliphatic rings. The second-order valence-electron chi connectivity index (χ2n) is 4.30. The minimum absolute atomic E-state index is 0.0381. The van der Waals surface area contributed by atoms with Gasteiger partial charge in [0.2, 0.25) is 0 Å². The number of carboxylic acid groups (broad SMARTS) is 1. The smallest absolute Gasteiger partial charge is 0.416 e. The highest BCUT2D eigenvalue weighted by Gasteiger charge is 2.33. The molecule has 1 rings (SSSR count). The number of rotatable bonds is 6. The van der Waals surface area contributed by atoms with Crippen molar-refractivity contribution in [3.8, 4) is 0 Å². The number of nitrogens with zero attached hydrogens (tertiary/aromatic N) is 2. The predicted octanol–water partition coefficient (Wildman–Crippen LogP) is 2.52. The number of nitro benzene ring substituents is 1. The van der Waals surface area contributed by atoms with E-state index in [0.717, 1.165) is 12.1 Å². The molecule has 0 aliphatic heterocycles. The van der Waals surface area contributed by atoms with E-state index in [2.05, 4.69) is 0 Å². The summed E-state index contributed by atoms with van der Waals surface area (Å²) in [6.07, 6.45) is -4.67. The number of benzene rings is 1. The molecule has 0 unspecified atom stereocenters. The Bertz CT molecular complexity index is 546. The molecule has 0 radical (unpaired) electrons. The molecule has 0 atom stereocenters. The summed E-state index contributed by atoms with van der Waals surface area (Å²) in [7, 11) is 0. The Morgan fingerprint density at radius 2 is 2.05 bits per heavy atom. The largest absolute Gasteiger partial charge is 0.480 e. The molecule has 0 amide bonds. The minimum Gasteiger partial charge on any atom is -0.480 e. The van der Waals surface area contributed by atoms with Crippen LogP contribution in [0.15, 0.2) is 18.2 Å². The first-order chi connectivity index (χ1) is 9.65. The Morgan fingerprint density at radius 3 is 2.48 bits per heavy atom. The molecule has 21 heavy (non-hydrogen) atoms. The number of carbonyl (C=O) groups is 1. The highest BCUT2D eigenvalue weighted by atomic mass is 19.4. The molecule has 1 N–H and O–H groups in total. The summed E-state index contributed by atoms with van der Waals surface area (Å²) < 4.78 is 37.7. The van der Waals surface area contributed by atoms with E-state index in [4.69, 9.17) is 5.11 Å². The molecule has 0 heterocycles. The van der Waals surface area contributed by atoms with Crippen LogP contribution in [0.4, 0.5) is 18.9 Å². The number of alkyl halides is 3. The van der Waals surface area contributed by atoms with Crippen LogP contribution in [0.2, 0.25) is 0 Å². The lowest BCUT2D eigenvalue weighted by atomic mass is 10.1. The van der Waals surface area contributed by atoms with Gasteiger partial charge in [0.15, 0.2) is 0 Å². The Labute approximate surface area is 117 Å². The maximum atomic E-state index is 12.6. The molecule has 6 nitrogen and oxygen atoms in total. The van der Waals surface area contributed by atoms with Crippen molar-refractivity contribution in [1.29, 1.82) is 0 Å². The van der Waals surface area contributed by atoms with Gasteiger partial charge in [0.25, 0.3) is 5.69 Å². The van der Waals surface area contributed by atoms with E-state index < -0.39 is 28.3 Å². The zero-order valence-corrected chi connectivity index (χ0v) is 11.1. The molecule has 0 fully saturated rings. The van der Waals surface area contributed by atoms with E-state index in [0.29, 0.717) is 12.6 Å². The molecule has 1 aromatic rings. The Balaban J connectivity index is 3.12. The summed E-state index contributed by atoms with van der Waals surface area (Å²) in [5.41, 5.74) is -1.75. The van der Waals surface area contributed by atoms with Crippen LogP contribution in [-0.4, -0.2) is 34.0 Å². The van der Waals surface area contributed by atoms with Crippen molar-refractivity contribution < 1.29 is 28.0 Å². The van der Waals surface area contributed by atoms with Gasteiger partial charge >= 0.3 is 12.1 Å². The lowest BCUT2D eigenvalue weighted by molar-refractivity contribution is -0.386. The number of nitro groups is 1. The Morgan fingerprint density at radius 1 is 1.43 bits per heavy atom. The molecule has 116 valence electrons. The van der Waals surface area contributed by atoms with Crippen LogP contribution < -0.4 is 0 Å². The lowest BCUT2D eigenvalue weighted by Gasteiger charge is -2.18. The third kappa shape index (κ3) is 4.71. The SMILES string of the molecule is CCN(CC(=O)O)Cc1ccc(C(F)(F)F)cc1[N+](=O)[O-]. The van der Waals surface area contributed by atoms with Crippen molar-refractivity contribution in [2.75, 3.05) is 13.1 Å². The maximum Gasteiger partial charge on any atom is 0.416 e. The molecule has 1 aromatic carbocycles. The topological polar surface area (TPSA) is 83.7 Å². The number of carboxylic acids is 1. The van der Waals surface area contributed by atoms with Crippen LogP contribution in [0.5, 0.6) is 0 Å². The fourth-order valence-electron chi connectivity index (χ4n) is 1.76.